The van der Waals surface area contributed by atoms with E-state index in [0.717, 1.165) is 20.8 Å². The molecule has 3 heterocycles. The number of Topliss-reactive ketones (excluding diaryl/α,β-unsaturated/α-hetero) is 1. The molecule has 0 radical (unpaired) electrons. The van der Waals surface area contributed by atoms with Crippen LogP contribution in [0, 0.1) is 18.3 Å². The number of hydrogen-bond donors (Lipinski definition) is 3. The highest BCUT2D eigenvalue weighted by molar-refractivity contribution is 7.18. The molecule has 2 aromatic rings. The van der Waals surface area contributed by atoms with Crippen LogP contribution in [0.2, 0.25) is 0 Å². The highest BCUT2D eigenvalue weighted by Crippen LogP contribution is 2.45. The number of nitrogens with one attached hydrogen (secondary N) is 1. The zero-order valence-electron chi connectivity index (χ0n) is 23.8. The number of amides is 1. The molecule has 1 amide bonds. The number of nitrogens with zero attached hydrogens (tertiary/aromatic N) is 1. The topological polar surface area (TPSA) is 121 Å². The van der Waals surface area contributed by atoms with Gasteiger partial charge in [0.2, 0.25) is 5.91 Å². The van der Waals surface area contributed by atoms with E-state index in [1.54, 1.807) is 32.1 Å². The second-order valence-corrected chi connectivity index (χ2v) is 13.0. The quantitative estimate of drug-likeness (QED) is 0.377. The van der Waals surface area contributed by atoms with E-state index in [1.807, 2.05) is 51.1 Å². The summed E-state index contributed by atoms with van der Waals surface area (Å²) >= 11 is 1.62. The summed E-state index contributed by atoms with van der Waals surface area (Å²) < 4.78 is 13.2. The smallest absolute Gasteiger partial charge is 0.223 e. The Morgan fingerprint density at radius 1 is 1.23 bits per heavy atom. The molecule has 1 aromatic carbocycles. The van der Waals surface area contributed by atoms with Crippen molar-refractivity contribution in [3.05, 3.63) is 40.9 Å². The molecule has 1 aromatic heterocycles. The van der Waals surface area contributed by atoms with Gasteiger partial charge in [-0.25, -0.2) is 4.98 Å². The molecule has 0 bridgehead atoms. The summed E-state index contributed by atoms with van der Waals surface area (Å²) in [6.07, 6.45) is 1.95. The van der Waals surface area contributed by atoms with Gasteiger partial charge >= 0.3 is 0 Å². The van der Waals surface area contributed by atoms with E-state index in [9.17, 15) is 19.8 Å². The van der Waals surface area contributed by atoms with Gasteiger partial charge in [-0.3, -0.25) is 9.59 Å². The van der Waals surface area contributed by atoms with E-state index in [2.05, 4.69) is 10.3 Å². The summed E-state index contributed by atoms with van der Waals surface area (Å²) in [7, 11) is 0. The van der Waals surface area contributed by atoms with Crippen LogP contribution in [0.5, 0.6) is 0 Å². The molecule has 2 aliphatic heterocycles. The van der Waals surface area contributed by atoms with Crippen LogP contribution in [0.25, 0.3) is 10.2 Å². The Labute approximate surface area is 234 Å². The Morgan fingerprint density at radius 3 is 2.69 bits per heavy atom. The third kappa shape index (κ3) is 6.60. The standard InChI is InChI=1S/C30H42N2O6S/c1-7-8-9-20-27(35)17(2)37-13-12-30(6)25(38-30)15-21(19-10-11-23-22(14-19)31-18(3)39-23)32-26(34)16-24(33)29(4,5)28(20)36/h7-8,10-11,14,17,20-21,24-25,27,33,35H,9,12-13,15-16H2,1-6H3,(H,32,34)/t17-,20-,21+,24+,25+,27-,30-/m1/s1. The third-order valence-electron chi connectivity index (χ3n) is 8.42. The Balaban J connectivity index is 1.63. The fourth-order valence-corrected chi connectivity index (χ4v) is 6.27. The number of fused-ring (bicyclic) bond motifs is 2. The number of carbonyl (C=O) groups excluding carboxylic acids is 2. The summed E-state index contributed by atoms with van der Waals surface area (Å²) in [5.41, 5.74) is 0.139. The normalized spacial score (nSPS) is 34.7. The third-order valence-corrected chi connectivity index (χ3v) is 9.37. The van der Waals surface area contributed by atoms with Crippen LogP contribution in [0.3, 0.4) is 0 Å². The van der Waals surface area contributed by atoms with Crippen molar-refractivity contribution in [1.82, 2.24) is 10.3 Å². The maximum Gasteiger partial charge on any atom is 0.223 e. The van der Waals surface area contributed by atoms with E-state index in [0.29, 0.717) is 25.9 Å². The molecule has 9 heteroatoms. The van der Waals surface area contributed by atoms with Crippen LogP contribution >= 0.6 is 11.3 Å². The van der Waals surface area contributed by atoms with E-state index in [-0.39, 0.29) is 30.3 Å². The van der Waals surface area contributed by atoms with Crippen molar-refractivity contribution in [1.29, 1.82) is 0 Å². The van der Waals surface area contributed by atoms with Crippen LogP contribution < -0.4 is 5.32 Å². The summed E-state index contributed by atoms with van der Waals surface area (Å²) in [6.45, 7) is 11.3. The summed E-state index contributed by atoms with van der Waals surface area (Å²) in [5.74, 6) is -1.42. The van der Waals surface area contributed by atoms with Gasteiger partial charge in [0.15, 0.2) is 0 Å². The maximum absolute atomic E-state index is 13.7. The average molecular weight is 559 g/mol. The van der Waals surface area contributed by atoms with Crippen LogP contribution in [0.1, 0.15) is 76.9 Å². The molecular formula is C30H42N2O6S. The average Bonchev–Trinajstić information content (AvgIpc) is 3.34. The molecule has 2 aliphatic rings. The van der Waals surface area contributed by atoms with Crippen molar-refractivity contribution in [2.24, 2.45) is 11.3 Å². The number of ketones is 1. The lowest BCUT2D eigenvalue weighted by Gasteiger charge is -2.35. The largest absolute Gasteiger partial charge is 0.392 e. The van der Waals surface area contributed by atoms with E-state index in [1.165, 1.54) is 0 Å². The number of hydrogen-bond acceptors (Lipinski definition) is 8. The summed E-state index contributed by atoms with van der Waals surface area (Å²) in [4.78, 5) is 31.6. The van der Waals surface area contributed by atoms with Crippen LogP contribution in [0.4, 0.5) is 0 Å². The van der Waals surface area contributed by atoms with Crippen molar-refractivity contribution in [2.45, 2.75) is 103 Å². The first-order valence-corrected chi connectivity index (χ1v) is 14.6. The molecule has 0 saturated carbocycles. The molecule has 39 heavy (non-hydrogen) atoms. The minimum absolute atomic E-state index is 0.0854. The number of thiazole rings is 1. The molecule has 2 fully saturated rings. The number of aliphatic hydroxyl groups is 2. The molecule has 0 unspecified atom stereocenters. The fraction of sp³-hybridized carbons (Fsp3) is 0.633. The molecule has 2 saturated heterocycles. The Hall–Kier alpha value is -2.17. The summed E-state index contributed by atoms with van der Waals surface area (Å²) in [5, 5.41) is 26.3. The van der Waals surface area contributed by atoms with Gasteiger partial charge in [0, 0.05) is 19.4 Å². The van der Waals surface area contributed by atoms with Gasteiger partial charge in [0.1, 0.15) is 5.78 Å². The van der Waals surface area contributed by atoms with Crippen molar-refractivity contribution in [3.8, 4) is 0 Å². The molecular weight excluding hydrogens is 516 g/mol. The van der Waals surface area contributed by atoms with Gasteiger partial charge in [0.05, 0.1) is 69.0 Å². The molecule has 214 valence electrons. The van der Waals surface area contributed by atoms with Gasteiger partial charge in [-0.05, 0) is 51.8 Å². The number of allylic oxidation sites excluding steroid dienone is 2. The zero-order chi connectivity index (χ0) is 28.5. The molecule has 4 rings (SSSR count). The second-order valence-electron chi connectivity index (χ2n) is 11.8. The predicted molar refractivity (Wildman–Crippen MR) is 152 cm³/mol. The highest BCUT2D eigenvalue weighted by atomic mass is 32.1. The van der Waals surface area contributed by atoms with E-state index >= 15 is 0 Å². The van der Waals surface area contributed by atoms with Crippen LogP contribution in [0.15, 0.2) is 30.4 Å². The van der Waals surface area contributed by atoms with E-state index in [4.69, 9.17) is 9.47 Å². The van der Waals surface area contributed by atoms with Gasteiger partial charge in [-0.2, -0.15) is 0 Å². The number of carbonyl (C=O) groups is 2. The lowest BCUT2D eigenvalue weighted by Crippen LogP contribution is -2.48. The van der Waals surface area contributed by atoms with Gasteiger partial charge in [-0.1, -0.05) is 32.1 Å². The number of aryl methyl sites for hydroxylation is 1. The fourth-order valence-electron chi connectivity index (χ4n) is 5.46. The first-order chi connectivity index (χ1) is 18.4. The Morgan fingerprint density at radius 2 is 1.97 bits per heavy atom. The zero-order valence-corrected chi connectivity index (χ0v) is 24.6. The van der Waals surface area contributed by atoms with Crippen LogP contribution in [-0.2, 0) is 19.1 Å². The van der Waals surface area contributed by atoms with Crippen molar-refractivity contribution in [2.75, 3.05) is 6.61 Å². The van der Waals surface area contributed by atoms with Crippen molar-refractivity contribution >= 4 is 33.2 Å². The summed E-state index contributed by atoms with van der Waals surface area (Å²) in [6, 6.07) is 5.68. The van der Waals surface area contributed by atoms with Crippen molar-refractivity contribution in [3.63, 3.8) is 0 Å². The number of benzene rings is 1. The number of aromatic nitrogens is 1. The number of epoxide rings is 1. The number of ether oxygens (including phenoxy) is 2. The van der Waals surface area contributed by atoms with Crippen molar-refractivity contribution < 1.29 is 29.3 Å². The van der Waals surface area contributed by atoms with Crippen LogP contribution in [-0.4, -0.2) is 63.5 Å². The number of aliphatic hydroxyl groups excluding tert-OH is 2. The minimum Gasteiger partial charge on any atom is -0.392 e. The molecule has 3 N–H and O–H groups in total. The molecule has 0 aliphatic carbocycles. The molecule has 8 nitrogen and oxygen atoms in total. The number of rotatable bonds is 3. The lowest BCUT2D eigenvalue weighted by molar-refractivity contribution is -0.147. The maximum atomic E-state index is 13.7. The van der Waals surface area contributed by atoms with Gasteiger partial charge in [0.25, 0.3) is 0 Å². The van der Waals surface area contributed by atoms with Gasteiger partial charge < -0.3 is 25.0 Å². The lowest BCUT2D eigenvalue weighted by atomic mass is 9.72. The van der Waals surface area contributed by atoms with E-state index < -0.39 is 35.2 Å². The highest BCUT2D eigenvalue weighted by Gasteiger charge is 2.53. The molecule has 0 spiro atoms. The second kappa shape index (κ2) is 11.7. The Bertz CT molecular complexity index is 1230. The first kappa shape index (κ1) is 29.8. The minimum atomic E-state index is -1.26. The monoisotopic (exact) mass is 558 g/mol. The predicted octanol–water partition coefficient (Wildman–Crippen LogP) is 4.41. The van der Waals surface area contributed by atoms with Gasteiger partial charge in [-0.15, -0.1) is 11.3 Å². The SMILES string of the molecule is CC=CC[C@H]1C(=O)C(C)(C)[C@@H](O)CC(=O)N[C@H](c2ccc3sc(C)nc3c2)C[C@@H]2O[C@]2(C)CCO[C@H](C)[C@H]1O. The molecule has 7 atom stereocenters. The first-order valence-electron chi connectivity index (χ1n) is 13.8. The Kier molecular flexibility index (Phi) is 8.98.